The largest absolute Gasteiger partial charge is 0.467 e. The summed E-state index contributed by atoms with van der Waals surface area (Å²) < 4.78 is 6.72. The van der Waals surface area contributed by atoms with Crippen LogP contribution in [0.15, 0.2) is 12.4 Å². The summed E-state index contributed by atoms with van der Waals surface area (Å²) in [7, 11) is 1.27. The molecule has 3 aromatic heterocycles. The fourth-order valence-electron chi connectivity index (χ4n) is 1.50. The normalized spacial score (nSPS) is 10.5. The first-order valence-electron chi connectivity index (χ1n) is 5.92. The molecule has 0 N–H and O–H groups in total. The van der Waals surface area contributed by atoms with Gasteiger partial charge in [-0.05, 0) is 9.85 Å². The molecule has 122 valence electrons. The van der Waals surface area contributed by atoms with Gasteiger partial charge in [0.05, 0.1) is 17.5 Å². The molecule has 0 aliphatic carbocycles. The van der Waals surface area contributed by atoms with Crippen LogP contribution in [-0.4, -0.2) is 61.9 Å². The van der Waals surface area contributed by atoms with E-state index in [0.717, 1.165) is 21.8 Å². The van der Waals surface area contributed by atoms with Crippen molar-refractivity contribution in [3.63, 3.8) is 0 Å². The third kappa shape index (κ3) is 2.65. The molecule has 0 aliphatic rings. The molecule has 0 saturated heterocycles. The Bertz CT molecular complexity index is 862. The van der Waals surface area contributed by atoms with Gasteiger partial charge in [-0.1, -0.05) is 0 Å². The molecule has 0 unspecified atom stereocenters. The van der Waals surface area contributed by atoms with Gasteiger partial charge in [0.2, 0.25) is 0 Å². The second-order valence-corrected chi connectivity index (χ2v) is 3.98. The highest BCUT2D eigenvalue weighted by atomic mass is 16.6. The lowest BCUT2D eigenvalue weighted by molar-refractivity contribution is -0.389. The highest BCUT2D eigenvalue weighted by molar-refractivity contribution is 5.24. The highest BCUT2D eigenvalue weighted by Gasteiger charge is 2.20. The van der Waals surface area contributed by atoms with Gasteiger partial charge in [0.15, 0.2) is 0 Å². The van der Waals surface area contributed by atoms with Crippen LogP contribution in [0.1, 0.15) is 0 Å². The zero-order chi connectivity index (χ0) is 17.3. The molecule has 16 heteroatoms. The van der Waals surface area contributed by atoms with E-state index in [1.165, 1.54) is 7.11 Å². The van der Waals surface area contributed by atoms with E-state index >= 15 is 0 Å². The standard InChI is InChI=1S/C8H5N11O5/c1-24-8-10-6(16-2-4(12-14-16)18(20)21)9-7(11-8)17-3-5(13-15-17)19(22)23/h2-3H,1H3. The molecule has 3 aromatic rings. The molecule has 0 amide bonds. The fraction of sp³-hybridized carbons (Fsp3) is 0.125. The van der Waals surface area contributed by atoms with Crippen LogP contribution in [0, 0.1) is 20.2 Å². The number of hydrogen-bond acceptors (Lipinski definition) is 12. The van der Waals surface area contributed by atoms with Crippen molar-refractivity contribution in [1.29, 1.82) is 0 Å². The van der Waals surface area contributed by atoms with Gasteiger partial charge in [0, 0.05) is 0 Å². The summed E-state index contributed by atoms with van der Waals surface area (Å²) in [5.74, 6) is -1.38. The quantitative estimate of drug-likeness (QED) is 0.402. The summed E-state index contributed by atoms with van der Waals surface area (Å²) in [6, 6.07) is -0.175. The lowest BCUT2D eigenvalue weighted by Crippen LogP contribution is -2.11. The van der Waals surface area contributed by atoms with Crippen molar-refractivity contribution >= 4 is 11.6 Å². The van der Waals surface area contributed by atoms with Crippen LogP contribution in [-0.2, 0) is 0 Å². The number of methoxy groups -OCH3 is 1. The third-order valence-electron chi connectivity index (χ3n) is 2.52. The monoisotopic (exact) mass is 335 g/mol. The zero-order valence-electron chi connectivity index (χ0n) is 11.6. The predicted molar refractivity (Wildman–Crippen MR) is 69.5 cm³/mol. The van der Waals surface area contributed by atoms with Crippen molar-refractivity contribution in [2.24, 2.45) is 0 Å². The lowest BCUT2D eigenvalue weighted by atomic mass is 10.7. The SMILES string of the molecule is COc1nc(-n2cc([N+](=O)[O-])nn2)nc(-n2cc([N+](=O)[O-])nn2)n1. The van der Waals surface area contributed by atoms with Crippen LogP contribution in [0.25, 0.3) is 11.9 Å². The average molecular weight is 335 g/mol. The van der Waals surface area contributed by atoms with Crippen molar-refractivity contribution in [2.45, 2.75) is 0 Å². The molecule has 0 saturated carbocycles. The van der Waals surface area contributed by atoms with Crippen LogP contribution in [0.3, 0.4) is 0 Å². The molecular formula is C8H5N11O5. The summed E-state index contributed by atoms with van der Waals surface area (Å²) in [5, 5.41) is 35.0. The molecule has 0 radical (unpaired) electrons. The number of nitro groups is 2. The van der Waals surface area contributed by atoms with E-state index in [2.05, 4.69) is 35.6 Å². The minimum absolute atomic E-state index is 0.171. The van der Waals surface area contributed by atoms with Crippen LogP contribution < -0.4 is 4.74 Å². The van der Waals surface area contributed by atoms with Gasteiger partial charge in [-0.3, -0.25) is 0 Å². The number of ether oxygens (including phenoxy) is 1. The van der Waals surface area contributed by atoms with E-state index in [1.807, 2.05) is 0 Å². The first-order chi connectivity index (χ1) is 11.5. The predicted octanol–water partition coefficient (Wildman–Crippen LogP) is -1.14. The van der Waals surface area contributed by atoms with Crippen LogP contribution in [0.2, 0.25) is 0 Å². The van der Waals surface area contributed by atoms with Crippen molar-refractivity contribution in [3.8, 4) is 17.9 Å². The Labute approximate surface area is 130 Å². The van der Waals surface area contributed by atoms with Crippen LogP contribution in [0.5, 0.6) is 6.01 Å². The molecule has 0 bridgehead atoms. The van der Waals surface area contributed by atoms with E-state index in [0.29, 0.717) is 0 Å². The Morgan fingerprint density at radius 3 is 1.71 bits per heavy atom. The van der Waals surface area contributed by atoms with Gasteiger partial charge in [0.1, 0.15) is 22.6 Å². The number of nitrogens with zero attached hydrogens (tertiary/aromatic N) is 11. The molecule has 0 atom stereocenters. The molecule has 0 aliphatic heterocycles. The molecule has 3 heterocycles. The smallest absolute Gasteiger partial charge is 0.411 e. The number of aromatic nitrogens is 9. The Morgan fingerprint density at radius 1 is 0.917 bits per heavy atom. The molecule has 0 spiro atoms. The van der Waals surface area contributed by atoms with Crippen LogP contribution in [0.4, 0.5) is 11.6 Å². The second kappa shape index (κ2) is 5.59. The van der Waals surface area contributed by atoms with E-state index in [1.54, 1.807) is 0 Å². The van der Waals surface area contributed by atoms with Crippen molar-refractivity contribution in [2.75, 3.05) is 7.11 Å². The average Bonchev–Trinajstić information content (AvgIpc) is 3.23. The highest BCUT2D eigenvalue weighted by Crippen LogP contribution is 2.13. The van der Waals surface area contributed by atoms with E-state index in [9.17, 15) is 20.2 Å². The summed E-state index contributed by atoms with van der Waals surface area (Å²) in [6.45, 7) is 0. The Hall–Kier alpha value is -4.11. The first kappa shape index (κ1) is 14.8. The molecular weight excluding hydrogens is 330 g/mol. The van der Waals surface area contributed by atoms with E-state index < -0.39 is 21.5 Å². The summed E-state index contributed by atoms with van der Waals surface area (Å²) in [6.07, 6.45) is 1.95. The van der Waals surface area contributed by atoms with Crippen LogP contribution >= 0.6 is 0 Å². The maximum Gasteiger partial charge on any atom is 0.411 e. The third-order valence-corrected chi connectivity index (χ3v) is 2.52. The van der Waals surface area contributed by atoms with Gasteiger partial charge in [-0.2, -0.15) is 24.3 Å². The molecule has 24 heavy (non-hydrogen) atoms. The van der Waals surface area contributed by atoms with Gasteiger partial charge < -0.3 is 25.0 Å². The minimum atomic E-state index is -0.746. The fourth-order valence-corrected chi connectivity index (χ4v) is 1.50. The minimum Gasteiger partial charge on any atom is -0.467 e. The Kier molecular flexibility index (Phi) is 3.45. The number of rotatable bonds is 5. The lowest BCUT2D eigenvalue weighted by Gasteiger charge is -2.03. The maximum atomic E-state index is 10.6. The molecule has 0 aromatic carbocycles. The van der Waals surface area contributed by atoms with Crippen molar-refractivity contribution in [3.05, 3.63) is 32.6 Å². The molecule has 3 rings (SSSR count). The Balaban J connectivity index is 2.07. The first-order valence-corrected chi connectivity index (χ1v) is 5.92. The zero-order valence-corrected chi connectivity index (χ0v) is 11.6. The summed E-state index contributed by atoms with van der Waals surface area (Å²) in [5.41, 5.74) is 0. The maximum absolute atomic E-state index is 10.6. The molecule has 0 fully saturated rings. The summed E-state index contributed by atoms with van der Waals surface area (Å²) in [4.78, 5) is 31.5. The van der Waals surface area contributed by atoms with Gasteiger partial charge in [0.25, 0.3) is 11.9 Å². The van der Waals surface area contributed by atoms with Gasteiger partial charge in [-0.25, -0.2) is 0 Å². The van der Waals surface area contributed by atoms with Gasteiger partial charge >= 0.3 is 17.6 Å². The van der Waals surface area contributed by atoms with Crippen molar-refractivity contribution in [1.82, 2.24) is 44.9 Å². The number of hydrogen-bond donors (Lipinski definition) is 0. The van der Waals surface area contributed by atoms with Crippen molar-refractivity contribution < 1.29 is 14.6 Å². The Morgan fingerprint density at radius 2 is 1.38 bits per heavy atom. The second-order valence-electron chi connectivity index (χ2n) is 3.98. The van der Waals surface area contributed by atoms with E-state index in [-0.39, 0.29) is 17.9 Å². The van der Waals surface area contributed by atoms with Gasteiger partial charge in [-0.15, -0.1) is 0 Å². The summed E-state index contributed by atoms with van der Waals surface area (Å²) >= 11 is 0. The van der Waals surface area contributed by atoms with E-state index in [4.69, 9.17) is 4.74 Å². The topological polar surface area (TPSA) is 196 Å². The molecule has 16 nitrogen and oxygen atoms in total.